The highest BCUT2D eigenvalue weighted by Gasteiger charge is 2.20. The molecule has 5 rings (SSSR count). The first-order valence-electron chi connectivity index (χ1n) is 10.2. The molecule has 170 valence electrons. The van der Waals surface area contributed by atoms with Crippen LogP contribution >= 0.6 is 11.3 Å². The van der Waals surface area contributed by atoms with Crippen LogP contribution in [0.1, 0.15) is 26.8 Å². The van der Waals surface area contributed by atoms with Crippen LogP contribution in [0.4, 0.5) is 11.5 Å². The number of carbonyl (C=O) groups excluding carboxylic acids is 1. The summed E-state index contributed by atoms with van der Waals surface area (Å²) in [5.41, 5.74) is 3.71. The van der Waals surface area contributed by atoms with Crippen molar-refractivity contribution in [2.45, 2.75) is 20.8 Å². The van der Waals surface area contributed by atoms with Gasteiger partial charge < -0.3 is 5.32 Å². The second-order valence-corrected chi connectivity index (χ2v) is 8.63. The van der Waals surface area contributed by atoms with E-state index in [0.29, 0.717) is 38.4 Å². The number of aromatic nitrogens is 6. The van der Waals surface area contributed by atoms with Gasteiger partial charge >= 0.3 is 0 Å². The van der Waals surface area contributed by atoms with Crippen molar-refractivity contribution in [3.8, 4) is 17.1 Å². The van der Waals surface area contributed by atoms with E-state index in [2.05, 4.69) is 25.4 Å². The first-order valence-corrected chi connectivity index (χ1v) is 11.0. The number of amides is 1. The zero-order valence-corrected chi connectivity index (χ0v) is 19.2. The molecule has 0 spiro atoms. The van der Waals surface area contributed by atoms with Crippen LogP contribution in [0.25, 0.3) is 22.0 Å². The summed E-state index contributed by atoms with van der Waals surface area (Å²) < 4.78 is 3.49. The van der Waals surface area contributed by atoms with Crippen molar-refractivity contribution in [3.63, 3.8) is 0 Å². The molecular formula is C22H18N8O3S. The fraction of sp³-hybridized carbons (Fsp3) is 0.136. The van der Waals surface area contributed by atoms with Gasteiger partial charge in [-0.25, -0.2) is 19.6 Å². The topological polar surface area (TPSA) is 133 Å². The summed E-state index contributed by atoms with van der Waals surface area (Å²) >= 11 is 1.23. The third-order valence-corrected chi connectivity index (χ3v) is 6.39. The molecule has 0 radical (unpaired) electrons. The van der Waals surface area contributed by atoms with Crippen LogP contribution in [-0.2, 0) is 0 Å². The highest BCUT2D eigenvalue weighted by Crippen LogP contribution is 2.29. The molecule has 0 bridgehead atoms. The molecule has 0 atom stereocenters. The van der Waals surface area contributed by atoms with Crippen molar-refractivity contribution in [1.29, 1.82) is 0 Å². The van der Waals surface area contributed by atoms with Crippen LogP contribution in [0.3, 0.4) is 0 Å². The van der Waals surface area contributed by atoms with Crippen LogP contribution in [0, 0.1) is 30.9 Å². The molecule has 5 aromatic rings. The second-order valence-electron chi connectivity index (χ2n) is 7.66. The molecule has 0 aliphatic rings. The molecule has 1 N–H and O–H groups in total. The van der Waals surface area contributed by atoms with E-state index in [0.717, 1.165) is 11.4 Å². The van der Waals surface area contributed by atoms with Gasteiger partial charge in [-0.2, -0.15) is 5.10 Å². The van der Waals surface area contributed by atoms with Crippen LogP contribution in [-0.4, -0.2) is 40.0 Å². The number of nitro groups is 1. The highest BCUT2D eigenvalue weighted by atomic mass is 32.1. The Balaban J connectivity index is 1.41. The van der Waals surface area contributed by atoms with Gasteiger partial charge in [0.25, 0.3) is 11.6 Å². The van der Waals surface area contributed by atoms with E-state index in [1.807, 2.05) is 26.8 Å². The number of carbonyl (C=O) groups is 1. The van der Waals surface area contributed by atoms with Gasteiger partial charge in [0, 0.05) is 41.3 Å². The van der Waals surface area contributed by atoms with Gasteiger partial charge in [0.15, 0.2) is 10.8 Å². The van der Waals surface area contributed by atoms with Gasteiger partial charge in [-0.1, -0.05) is 23.5 Å². The van der Waals surface area contributed by atoms with Gasteiger partial charge in [0.05, 0.1) is 16.3 Å². The lowest BCUT2D eigenvalue weighted by molar-refractivity contribution is -0.384. The highest BCUT2D eigenvalue weighted by molar-refractivity contribution is 7.19. The molecule has 0 aliphatic carbocycles. The standard InChI is InChI=1S/C22H18N8O3S/c1-12-7-13(2)29(27-12)19-9-18(23-11-24-19)26-21(31)20-14(3)28-10-17(25-22(28)34-20)15-5-4-6-16(8-15)30(32)33/h4-11H,1-3H3,(H,23,24,26,31). The maximum atomic E-state index is 13.0. The number of aryl methyl sites for hydroxylation is 3. The van der Waals surface area contributed by atoms with E-state index in [9.17, 15) is 14.9 Å². The van der Waals surface area contributed by atoms with Crippen molar-refractivity contribution in [3.05, 3.63) is 81.0 Å². The van der Waals surface area contributed by atoms with Crippen molar-refractivity contribution in [2.75, 3.05) is 5.32 Å². The van der Waals surface area contributed by atoms with Crippen molar-refractivity contribution >= 4 is 33.7 Å². The normalized spacial score (nSPS) is 11.1. The van der Waals surface area contributed by atoms with E-state index in [4.69, 9.17) is 0 Å². The molecule has 1 aromatic carbocycles. The molecule has 12 heteroatoms. The number of anilines is 1. The maximum Gasteiger partial charge on any atom is 0.270 e. The molecule has 4 heterocycles. The molecule has 11 nitrogen and oxygen atoms in total. The van der Waals surface area contributed by atoms with Crippen LogP contribution in [0.5, 0.6) is 0 Å². The summed E-state index contributed by atoms with van der Waals surface area (Å²) in [5, 5.41) is 18.3. The number of hydrogen-bond acceptors (Lipinski definition) is 8. The predicted molar refractivity (Wildman–Crippen MR) is 126 cm³/mol. The molecule has 0 aliphatic heterocycles. The van der Waals surface area contributed by atoms with Gasteiger partial charge in [-0.15, -0.1) is 0 Å². The number of imidazole rings is 1. The van der Waals surface area contributed by atoms with Gasteiger partial charge in [0.1, 0.15) is 17.0 Å². The number of non-ortho nitro benzene ring substituents is 1. The minimum atomic E-state index is -0.441. The number of nitro benzene ring substituents is 1. The van der Waals surface area contributed by atoms with Crippen LogP contribution in [0.15, 0.2) is 48.9 Å². The van der Waals surface area contributed by atoms with Gasteiger partial charge in [0.2, 0.25) is 0 Å². The Morgan fingerprint density at radius 2 is 1.97 bits per heavy atom. The van der Waals surface area contributed by atoms with E-state index < -0.39 is 4.92 Å². The van der Waals surface area contributed by atoms with Crippen molar-refractivity contribution in [1.82, 2.24) is 29.1 Å². The number of nitrogens with one attached hydrogen (secondary N) is 1. The number of thiazole rings is 1. The molecule has 0 fully saturated rings. The molecule has 4 aromatic heterocycles. The summed E-state index contributed by atoms with van der Waals surface area (Å²) in [4.78, 5) is 37.7. The molecular weight excluding hydrogens is 456 g/mol. The summed E-state index contributed by atoms with van der Waals surface area (Å²) in [5.74, 6) is 0.586. The van der Waals surface area contributed by atoms with Crippen molar-refractivity contribution in [2.24, 2.45) is 0 Å². The fourth-order valence-electron chi connectivity index (χ4n) is 3.64. The number of fused-ring (bicyclic) bond motifs is 1. The molecule has 0 saturated carbocycles. The van der Waals surface area contributed by atoms with E-state index in [-0.39, 0.29) is 11.6 Å². The third kappa shape index (κ3) is 3.79. The van der Waals surface area contributed by atoms with E-state index in [1.54, 1.807) is 33.5 Å². The Labute approximate surface area is 196 Å². The lowest BCUT2D eigenvalue weighted by Gasteiger charge is -2.07. The minimum absolute atomic E-state index is 0.00432. The lowest BCUT2D eigenvalue weighted by Crippen LogP contribution is -2.14. The summed E-state index contributed by atoms with van der Waals surface area (Å²) in [7, 11) is 0. The van der Waals surface area contributed by atoms with Gasteiger partial charge in [-0.05, 0) is 26.8 Å². The maximum absolute atomic E-state index is 13.0. The Morgan fingerprint density at radius 1 is 1.15 bits per heavy atom. The Bertz CT molecular complexity index is 1580. The Morgan fingerprint density at radius 3 is 2.68 bits per heavy atom. The molecule has 0 saturated heterocycles. The van der Waals surface area contributed by atoms with Gasteiger partial charge in [-0.3, -0.25) is 19.3 Å². The largest absolute Gasteiger partial charge is 0.306 e. The quantitative estimate of drug-likeness (QED) is 0.299. The number of benzene rings is 1. The van der Waals surface area contributed by atoms with Crippen LogP contribution < -0.4 is 5.32 Å². The van der Waals surface area contributed by atoms with E-state index in [1.165, 1.54) is 29.8 Å². The minimum Gasteiger partial charge on any atom is -0.306 e. The average Bonchev–Trinajstić information content (AvgIpc) is 3.47. The second kappa shape index (κ2) is 8.15. The average molecular weight is 475 g/mol. The fourth-order valence-corrected chi connectivity index (χ4v) is 4.65. The lowest BCUT2D eigenvalue weighted by atomic mass is 10.1. The molecule has 1 amide bonds. The Hall–Kier alpha value is -4.45. The smallest absolute Gasteiger partial charge is 0.270 e. The summed E-state index contributed by atoms with van der Waals surface area (Å²) in [6.07, 6.45) is 3.14. The molecule has 34 heavy (non-hydrogen) atoms. The summed E-state index contributed by atoms with van der Waals surface area (Å²) in [6, 6.07) is 9.89. The zero-order chi connectivity index (χ0) is 24.0. The molecule has 0 unspecified atom stereocenters. The third-order valence-electron chi connectivity index (χ3n) is 5.24. The monoisotopic (exact) mass is 474 g/mol. The van der Waals surface area contributed by atoms with Crippen molar-refractivity contribution < 1.29 is 9.72 Å². The number of nitrogens with zero attached hydrogens (tertiary/aromatic N) is 7. The van der Waals surface area contributed by atoms with E-state index >= 15 is 0 Å². The summed E-state index contributed by atoms with van der Waals surface area (Å²) in [6.45, 7) is 5.64. The SMILES string of the molecule is Cc1cc(C)n(-c2cc(NC(=O)c3sc4nc(-c5cccc([N+](=O)[O-])c5)cn4c3C)ncn2)n1. The first kappa shape index (κ1) is 21.4. The predicted octanol–water partition coefficient (Wildman–Crippen LogP) is 4.12. The first-order chi connectivity index (χ1) is 16.3. The number of rotatable bonds is 5. The number of hydrogen-bond donors (Lipinski definition) is 1. The van der Waals surface area contributed by atoms with Crippen LogP contribution in [0.2, 0.25) is 0 Å². The Kier molecular flexibility index (Phi) is 5.13. The zero-order valence-electron chi connectivity index (χ0n) is 18.4.